The molecule has 0 radical (unpaired) electrons. The van der Waals surface area contributed by atoms with Gasteiger partial charge in [0.05, 0.1) is 5.69 Å². The Hall–Kier alpha value is -2.30. The van der Waals surface area contributed by atoms with Crippen molar-refractivity contribution in [3.8, 4) is 17.0 Å². The third-order valence-corrected chi connectivity index (χ3v) is 3.15. The number of nitrogens with zero attached hydrogens (tertiary/aromatic N) is 1. The largest absolute Gasteiger partial charge is 0.507 e. The van der Waals surface area contributed by atoms with E-state index in [1.165, 1.54) is 6.07 Å². The predicted molar refractivity (Wildman–Crippen MR) is 76.1 cm³/mol. The van der Waals surface area contributed by atoms with E-state index in [1.54, 1.807) is 6.07 Å². The molecule has 1 heterocycles. The van der Waals surface area contributed by atoms with E-state index in [0.717, 1.165) is 11.1 Å². The molecule has 0 spiro atoms. The first kappa shape index (κ1) is 14.1. The fraction of sp³-hybridized carbons (Fsp3) is 0.333. The Morgan fingerprint density at radius 1 is 1.25 bits per heavy atom. The summed E-state index contributed by atoms with van der Waals surface area (Å²) < 4.78 is 0. The highest BCUT2D eigenvalue weighted by Gasteiger charge is 2.22. The maximum Gasteiger partial charge on any atom is 0.353 e. The summed E-state index contributed by atoms with van der Waals surface area (Å²) in [4.78, 5) is 10.9. The van der Waals surface area contributed by atoms with Crippen LogP contribution in [-0.4, -0.2) is 26.4 Å². The molecule has 5 nitrogen and oxygen atoms in total. The lowest BCUT2D eigenvalue weighted by molar-refractivity contribution is 0.0690. The van der Waals surface area contributed by atoms with E-state index in [1.807, 2.05) is 33.8 Å². The minimum absolute atomic E-state index is 0.00165. The smallest absolute Gasteiger partial charge is 0.353 e. The van der Waals surface area contributed by atoms with E-state index in [-0.39, 0.29) is 16.9 Å². The fourth-order valence-electron chi connectivity index (χ4n) is 2.12. The predicted octanol–water partition coefficient (Wildman–Crippen LogP) is 3.09. The number of nitrogens with one attached hydrogen (secondary N) is 1. The van der Waals surface area contributed by atoms with Gasteiger partial charge in [-0.2, -0.15) is 5.10 Å². The molecule has 0 saturated carbocycles. The number of aryl methyl sites for hydroxylation is 1. The van der Waals surface area contributed by atoms with Gasteiger partial charge < -0.3 is 10.2 Å². The molecule has 3 N–H and O–H groups in total. The van der Waals surface area contributed by atoms with Crippen LogP contribution in [0.25, 0.3) is 11.3 Å². The second-order valence-corrected chi connectivity index (χ2v) is 5.93. The Labute approximate surface area is 117 Å². The van der Waals surface area contributed by atoms with Gasteiger partial charge in [0.25, 0.3) is 0 Å². The molecule has 1 aromatic carbocycles. The molecule has 0 saturated heterocycles. The van der Waals surface area contributed by atoms with Crippen molar-refractivity contribution < 1.29 is 15.0 Å². The van der Waals surface area contributed by atoms with Gasteiger partial charge in [-0.3, -0.25) is 5.10 Å². The number of aromatic amines is 1. The molecule has 2 aromatic rings. The molecule has 20 heavy (non-hydrogen) atoms. The summed E-state index contributed by atoms with van der Waals surface area (Å²) in [6.07, 6.45) is 0. The highest BCUT2D eigenvalue weighted by molar-refractivity contribution is 5.87. The highest BCUT2D eigenvalue weighted by Crippen LogP contribution is 2.38. The van der Waals surface area contributed by atoms with Crippen molar-refractivity contribution in [3.63, 3.8) is 0 Å². The topological polar surface area (TPSA) is 86.2 Å². The summed E-state index contributed by atoms with van der Waals surface area (Å²) in [5.41, 5.74) is 2.55. The molecule has 2 rings (SSSR count). The fourth-order valence-corrected chi connectivity index (χ4v) is 2.12. The van der Waals surface area contributed by atoms with Gasteiger partial charge >= 0.3 is 5.97 Å². The molecule has 0 bridgehead atoms. The molecule has 5 heteroatoms. The second kappa shape index (κ2) is 4.67. The van der Waals surface area contributed by atoms with Crippen LogP contribution >= 0.6 is 0 Å². The van der Waals surface area contributed by atoms with Gasteiger partial charge in [-0.1, -0.05) is 26.8 Å². The first-order chi connectivity index (χ1) is 9.20. The second-order valence-electron chi connectivity index (χ2n) is 5.93. The standard InChI is InChI=1S/C15H18N2O3/c1-8-5-9(11-7-12(14(19)20)17-16-11)13(18)10(6-8)15(2,3)4/h5-7,18H,1-4H3,(H,16,17)(H,19,20). The quantitative estimate of drug-likeness (QED) is 0.785. The van der Waals surface area contributed by atoms with Crippen LogP contribution in [0.3, 0.4) is 0 Å². The van der Waals surface area contributed by atoms with Crippen LogP contribution in [0.2, 0.25) is 0 Å². The molecule has 0 aliphatic heterocycles. The Kier molecular flexibility index (Phi) is 3.29. The van der Waals surface area contributed by atoms with Crippen LogP contribution < -0.4 is 0 Å². The number of H-pyrrole nitrogens is 1. The minimum atomic E-state index is -1.08. The average Bonchev–Trinajstić information content (AvgIpc) is 2.79. The van der Waals surface area contributed by atoms with Gasteiger partial charge in [-0.25, -0.2) is 4.79 Å². The van der Waals surface area contributed by atoms with E-state index in [9.17, 15) is 9.90 Å². The Bertz CT molecular complexity index is 666. The maximum absolute atomic E-state index is 10.9. The van der Waals surface area contributed by atoms with Gasteiger partial charge in [0.2, 0.25) is 0 Å². The molecule has 1 aromatic heterocycles. The Balaban J connectivity index is 2.62. The summed E-state index contributed by atoms with van der Waals surface area (Å²) in [6, 6.07) is 5.15. The third kappa shape index (κ3) is 2.52. The van der Waals surface area contributed by atoms with E-state index < -0.39 is 5.97 Å². The van der Waals surface area contributed by atoms with Crippen molar-refractivity contribution in [3.05, 3.63) is 35.0 Å². The number of carboxylic acids is 1. The number of hydrogen-bond acceptors (Lipinski definition) is 3. The first-order valence-electron chi connectivity index (χ1n) is 6.33. The van der Waals surface area contributed by atoms with Crippen LogP contribution in [0.1, 0.15) is 42.4 Å². The molecule has 106 valence electrons. The van der Waals surface area contributed by atoms with Gasteiger partial charge in [0.15, 0.2) is 0 Å². The number of hydrogen-bond donors (Lipinski definition) is 3. The number of carboxylic acid groups (broad SMARTS) is 1. The summed E-state index contributed by atoms with van der Waals surface area (Å²) in [5.74, 6) is -0.932. The van der Waals surface area contributed by atoms with Gasteiger partial charge in [-0.05, 0) is 30.0 Å². The van der Waals surface area contributed by atoms with Crippen LogP contribution in [0.5, 0.6) is 5.75 Å². The molecular formula is C15H18N2O3. The highest BCUT2D eigenvalue weighted by atomic mass is 16.4. The number of aromatic hydroxyl groups is 1. The monoisotopic (exact) mass is 274 g/mol. The number of rotatable bonds is 2. The summed E-state index contributed by atoms with van der Waals surface area (Å²) >= 11 is 0. The van der Waals surface area contributed by atoms with E-state index in [0.29, 0.717) is 11.3 Å². The maximum atomic E-state index is 10.9. The number of phenolic OH excluding ortho intramolecular Hbond substituents is 1. The van der Waals surface area contributed by atoms with Crippen LogP contribution in [0, 0.1) is 6.92 Å². The van der Waals surface area contributed by atoms with Crippen molar-refractivity contribution in [2.24, 2.45) is 0 Å². The van der Waals surface area contributed by atoms with E-state index in [4.69, 9.17) is 5.11 Å². The van der Waals surface area contributed by atoms with Gasteiger partial charge in [-0.15, -0.1) is 0 Å². The summed E-state index contributed by atoms with van der Waals surface area (Å²) in [6.45, 7) is 7.97. The lowest BCUT2D eigenvalue weighted by atomic mass is 9.84. The number of aromatic carboxylic acids is 1. The zero-order valence-electron chi connectivity index (χ0n) is 12.0. The van der Waals surface area contributed by atoms with Crippen molar-refractivity contribution in [1.82, 2.24) is 10.2 Å². The van der Waals surface area contributed by atoms with Crippen LogP contribution in [-0.2, 0) is 5.41 Å². The zero-order chi connectivity index (χ0) is 15.1. The van der Waals surface area contributed by atoms with Crippen molar-refractivity contribution in [1.29, 1.82) is 0 Å². The van der Waals surface area contributed by atoms with Crippen molar-refractivity contribution >= 4 is 5.97 Å². The van der Waals surface area contributed by atoms with E-state index >= 15 is 0 Å². The number of benzene rings is 1. The normalized spacial score (nSPS) is 11.6. The Morgan fingerprint density at radius 2 is 1.90 bits per heavy atom. The molecule has 0 aliphatic rings. The van der Waals surface area contributed by atoms with Crippen LogP contribution in [0.15, 0.2) is 18.2 Å². The van der Waals surface area contributed by atoms with Crippen molar-refractivity contribution in [2.45, 2.75) is 33.1 Å². The van der Waals surface area contributed by atoms with Crippen LogP contribution in [0.4, 0.5) is 0 Å². The minimum Gasteiger partial charge on any atom is -0.507 e. The molecule has 0 unspecified atom stereocenters. The molecule has 0 atom stereocenters. The Morgan fingerprint density at radius 3 is 2.40 bits per heavy atom. The van der Waals surface area contributed by atoms with E-state index in [2.05, 4.69) is 10.2 Å². The number of aromatic nitrogens is 2. The number of carbonyl (C=O) groups is 1. The molecular weight excluding hydrogens is 256 g/mol. The molecule has 0 amide bonds. The zero-order valence-corrected chi connectivity index (χ0v) is 12.0. The lowest BCUT2D eigenvalue weighted by Gasteiger charge is -2.22. The molecule has 0 fully saturated rings. The van der Waals surface area contributed by atoms with Gasteiger partial charge in [0.1, 0.15) is 11.4 Å². The summed E-state index contributed by atoms with van der Waals surface area (Å²) in [5, 5.41) is 25.8. The number of phenols is 1. The average molecular weight is 274 g/mol. The SMILES string of the molecule is Cc1cc(-c2cc(C(=O)O)[nH]n2)c(O)c(C(C)(C)C)c1. The third-order valence-electron chi connectivity index (χ3n) is 3.15. The first-order valence-corrected chi connectivity index (χ1v) is 6.33. The van der Waals surface area contributed by atoms with Crippen molar-refractivity contribution in [2.75, 3.05) is 0 Å². The molecule has 0 aliphatic carbocycles. The lowest BCUT2D eigenvalue weighted by Crippen LogP contribution is -2.12. The summed E-state index contributed by atoms with van der Waals surface area (Å²) in [7, 11) is 0. The van der Waals surface area contributed by atoms with Gasteiger partial charge in [0, 0.05) is 11.1 Å².